The number of aryl methyl sites for hydroxylation is 1. The Kier molecular flexibility index (Phi) is 5.77. The molecular weight excluding hydrogens is 280 g/mol. The number of ether oxygens (including phenoxy) is 2. The van der Waals surface area contributed by atoms with E-state index in [1.54, 1.807) is 13.3 Å². The first-order valence-corrected chi connectivity index (χ1v) is 8.07. The molecule has 0 bridgehead atoms. The maximum Gasteiger partial charge on any atom is 0.256 e. The smallest absolute Gasteiger partial charge is 0.256 e. The van der Waals surface area contributed by atoms with Gasteiger partial charge in [-0.15, -0.1) is 0 Å². The van der Waals surface area contributed by atoms with Gasteiger partial charge in [0.15, 0.2) is 0 Å². The minimum absolute atomic E-state index is 0.0756. The van der Waals surface area contributed by atoms with Crippen molar-refractivity contribution >= 4 is 11.6 Å². The minimum Gasteiger partial charge on any atom is -0.477 e. The largest absolute Gasteiger partial charge is 0.477 e. The second-order valence-corrected chi connectivity index (χ2v) is 5.91. The van der Waals surface area contributed by atoms with E-state index in [1.165, 1.54) is 0 Å². The summed E-state index contributed by atoms with van der Waals surface area (Å²) < 4.78 is 11.1. The van der Waals surface area contributed by atoms with Gasteiger partial charge < -0.3 is 14.8 Å². The highest BCUT2D eigenvalue weighted by atomic mass is 16.5. The van der Waals surface area contributed by atoms with Crippen LogP contribution in [0.3, 0.4) is 0 Å². The van der Waals surface area contributed by atoms with Crippen molar-refractivity contribution in [3.05, 3.63) is 17.8 Å². The molecule has 22 heavy (non-hydrogen) atoms. The first-order chi connectivity index (χ1) is 10.6. The van der Waals surface area contributed by atoms with Crippen molar-refractivity contribution in [2.24, 2.45) is 0 Å². The van der Waals surface area contributed by atoms with Crippen LogP contribution in [0.15, 0.2) is 12.3 Å². The first-order valence-electron chi connectivity index (χ1n) is 8.07. The van der Waals surface area contributed by atoms with Crippen LogP contribution in [0.25, 0.3) is 0 Å². The van der Waals surface area contributed by atoms with Gasteiger partial charge >= 0.3 is 0 Å². The van der Waals surface area contributed by atoms with E-state index in [-0.39, 0.29) is 5.91 Å². The van der Waals surface area contributed by atoms with Crippen LogP contribution >= 0.6 is 0 Å². The fraction of sp³-hybridized carbons (Fsp3) is 0.647. The van der Waals surface area contributed by atoms with Crippen LogP contribution in [-0.4, -0.2) is 30.2 Å². The zero-order valence-electron chi connectivity index (χ0n) is 13.8. The van der Waals surface area contributed by atoms with E-state index in [2.05, 4.69) is 17.2 Å². The van der Waals surface area contributed by atoms with Gasteiger partial charge in [-0.05, 0) is 45.1 Å². The van der Waals surface area contributed by atoms with Crippen molar-refractivity contribution in [3.8, 4) is 5.88 Å². The third-order valence-electron chi connectivity index (χ3n) is 4.24. The van der Waals surface area contributed by atoms with E-state index in [0.717, 1.165) is 44.1 Å². The molecule has 122 valence electrons. The monoisotopic (exact) mass is 306 g/mol. The van der Waals surface area contributed by atoms with E-state index < -0.39 is 5.60 Å². The summed E-state index contributed by atoms with van der Waals surface area (Å²) in [5.74, 6) is 0.558. The van der Waals surface area contributed by atoms with E-state index in [0.29, 0.717) is 18.2 Å². The van der Waals surface area contributed by atoms with E-state index in [1.807, 2.05) is 13.0 Å². The molecule has 0 spiro atoms. The molecule has 1 fully saturated rings. The molecule has 1 aromatic heterocycles. The van der Waals surface area contributed by atoms with Crippen molar-refractivity contribution in [3.63, 3.8) is 0 Å². The average Bonchev–Trinajstić information content (AvgIpc) is 3.00. The number of hydrogen-bond donors (Lipinski definition) is 1. The van der Waals surface area contributed by atoms with Crippen molar-refractivity contribution in [1.82, 2.24) is 4.98 Å². The maximum absolute atomic E-state index is 12.5. The number of pyridine rings is 1. The highest BCUT2D eigenvalue weighted by Crippen LogP contribution is 2.34. The van der Waals surface area contributed by atoms with Gasteiger partial charge in [-0.1, -0.05) is 13.3 Å². The summed E-state index contributed by atoms with van der Waals surface area (Å²) >= 11 is 0. The molecule has 0 saturated heterocycles. The zero-order valence-corrected chi connectivity index (χ0v) is 13.8. The Hall–Kier alpha value is -1.62. The fourth-order valence-corrected chi connectivity index (χ4v) is 2.81. The predicted molar refractivity (Wildman–Crippen MR) is 86.2 cm³/mol. The number of aromatic nitrogens is 1. The number of carbonyl (C=O) groups excluding carboxylic acids is 1. The molecule has 0 aromatic carbocycles. The number of carbonyl (C=O) groups is 1. The number of anilines is 1. The van der Waals surface area contributed by atoms with Crippen LogP contribution in [0, 0.1) is 6.92 Å². The third kappa shape index (κ3) is 3.77. The van der Waals surface area contributed by atoms with Gasteiger partial charge in [0.2, 0.25) is 5.88 Å². The Morgan fingerprint density at radius 3 is 2.73 bits per heavy atom. The topological polar surface area (TPSA) is 60.5 Å². The molecule has 1 aliphatic carbocycles. The summed E-state index contributed by atoms with van der Waals surface area (Å²) in [6.07, 6.45) is 7.36. The molecule has 5 nitrogen and oxygen atoms in total. The number of nitrogens with one attached hydrogen (secondary N) is 1. The second-order valence-electron chi connectivity index (χ2n) is 5.91. The molecule has 1 aromatic rings. The van der Waals surface area contributed by atoms with Crippen LogP contribution in [0.4, 0.5) is 5.69 Å². The van der Waals surface area contributed by atoms with Crippen LogP contribution in [0.1, 0.15) is 51.0 Å². The molecule has 0 radical (unpaired) electrons. The van der Waals surface area contributed by atoms with Gasteiger partial charge in [0, 0.05) is 12.7 Å². The number of rotatable bonds is 7. The van der Waals surface area contributed by atoms with Gasteiger partial charge in [0.1, 0.15) is 5.60 Å². The van der Waals surface area contributed by atoms with Crippen LogP contribution in [0.5, 0.6) is 5.88 Å². The van der Waals surface area contributed by atoms with Gasteiger partial charge in [-0.3, -0.25) is 4.79 Å². The number of unbranched alkanes of at least 4 members (excludes halogenated alkanes) is 1. The summed E-state index contributed by atoms with van der Waals surface area (Å²) in [5, 5.41) is 2.93. The lowest BCUT2D eigenvalue weighted by Gasteiger charge is -2.26. The number of nitrogens with zero attached hydrogens (tertiary/aromatic N) is 1. The Labute approximate surface area is 132 Å². The third-order valence-corrected chi connectivity index (χ3v) is 4.24. The summed E-state index contributed by atoms with van der Waals surface area (Å²) in [4.78, 5) is 16.8. The van der Waals surface area contributed by atoms with E-state index in [9.17, 15) is 4.79 Å². The van der Waals surface area contributed by atoms with Gasteiger partial charge in [0.25, 0.3) is 5.91 Å². The SMILES string of the molecule is CCCCOc1ncc(NC(=O)C2(OC)CCCC2)cc1C. The molecule has 0 atom stereocenters. The lowest BCUT2D eigenvalue weighted by Crippen LogP contribution is -2.42. The lowest BCUT2D eigenvalue weighted by molar-refractivity contribution is -0.137. The molecule has 1 heterocycles. The van der Waals surface area contributed by atoms with E-state index >= 15 is 0 Å². The zero-order chi connectivity index (χ0) is 16.0. The number of amides is 1. The normalized spacial score (nSPS) is 16.5. The highest BCUT2D eigenvalue weighted by molar-refractivity contribution is 5.97. The number of methoxy groups -OCH3 is 1. The van der Waals surface area contributed by atoms with Gasteiger partial charge in [0.05, 0.1) is 18.5 Å². The Morgan fingerprint density at radius 1 is 1.41 bits per heavy atom. The minimum atomic E-state index is -0.676. The maximum atomic E-state index is 12.5. The van der Waals surface area contributed by atoms with Crippen molar-refractivity contribution in [1.29, 1.82) is 0 Å². The first kappa shape index (κ1) is 16.7. The van der Waals surface area contributed by atoms with E-state index in [4.69, 9.17) is 9.47 Å². The van der Waals surface area contributed by atoms with Gasteiger partial charge in [-0.2, -0.15) is 0 Å². The molecule has 1 amide bonds. The van der Waals surface area contributed by atoms with Gasteiger partial charge in [-0.25, -0.2) is 4.98 Å². The molecular formula is C17H26N2O3. The summed E-state index contributed by atoms with van der Waals surface area (Å²) in [6.45, 7) is 4.73. The van der Waals surface area contributed by atoms with Crippen molar-refractivity contribution in [2.45, 2.75) is 58.0 Å². The molecule has 5 heteroatoms. The van der Waals surface area contributed by atoms with Crippen molar-refractivity contribution in [2.75, 3.05) is 19.0 Å². The Bertz CT molecular complexity index is 511. The number of hydrogen-bond acceptors (Lipinski definition) is 4. The molecule has 1 aliphatic rings. The summed E-state index contributed by atoms with van der Waals surface area (Å²) in [5.41, 5.74) is 0.935. The summed E-state index contributed by atoms with van der Waals surface area (Å²) in [7, 11) is 1.61. The van der Waals surface area contributed by atoms with Crippen LogP contribution < -0.4 is 10.1 Å². The molecule has 0 aliphatic heterocycles. The Morgan fingerprint density at radius 2 is 2.14 bits per heavy atom. The highest BCUT2D eigenvalue weighted by Gasteiger charge is 2.41. The molecule has 2 rings (SSSR count). The second kappa shape index (κ2) is 7.58. The lowest BCUT2D eigenvalue weighted by atomic mass is 10.0. The van der Waals surface area contributed by atoms with Crippen LogP contribution in [0.2, 0.25) is 0 Å². The quantitative estimate of drug-likeness (QED) is 0.784. The van der Waals surface area contributed by atoms with Crippen molar-refractivity contribution < 1.29 is 14.3 Å². The average molecular weight is 306 g/mol. The summed E-state index contributed by atoms with van der Waals surface area (Å²) in [6, 6.07) is 1.89. The molecule has 1 N–H and O–H groups in total. The van der Waals surface area contributed by atoms with Crippen LogP contribution in [-0.2, 0) is 9.53 Å². The molecule has 0 unspecified atom stereocenters. The standard InChI is InChI=1S/C17H26N2O3/c1-4-5-10-22-15-13(2)11-14(12-18-15)19-16(20)17(21-3)8-6-7-9-17/h11-12H,4-10H2,1-3H3,(H,19,20). The molecule has 1 saturated carbocycles. The Balaban J connectivity index is 2.01. The fourth-order valence-electron chi connectivity index (χ4n) is 2.81. The predicted octanol–water partition coefficient (Wildman–Crippen LogP) is 3.47.